The Morgan fingerprint density at radius 3 is 2.61 bits per heavy atom. The van der Waals surface area contributed by atoms with Gasteiger partial charge in [0, 0.05) is 39.8 Å². The Kier molecular flexibility index (Phi) is 6.67. The van der Waals surface area contributed by atoms with Crippen molar-refractivity contribution in [1.29, 1.82) is 0 Å². The monoisotopic (exact) mass is 257 g/mol. The fourth-order valence-electron chi connectivity index (χ4n) is 1.80. The summed E-state index contributed by atoms with van der Waals surface area (Å²) in [4.78, 5) is 26.8. The van der Waals surface area contributed by atoms with E-state index in [4.69, 9.17) is 4.74 Å². The van der Waals surface area contributed by atoms with Gasteiger partial charge in [0.2, 0.25) is 5.91 Å². The standard InChI is InChI=1S/C12H23N3O3/c1-3-18-12(17)4-7-14(2)11(16)10-15-8-5-13-6-9-15/h13H,3-10H2,1-2H3. The summed E-state index contributed by atoms with van der Waals surface area (Å²) in [5.41, 5.74) is 0. The van der Waals surface area contributed by atoms with E-state index in [0.717, 1.165) is 26.2 Å². The number of carbonyl (C=O) groups excluding carboxylic acids is 2. The third-order valence-electron chi connectivity index (χ3n) is 2.95. The van der Waals surface area contributed by atoms with E-state index in [-0.39, 0.29) is 18.3 Å². The topological polar surface area (TPSA) is 61.9 Å². The average Bonchev–Trinajstić information content (AvgIpc) is 2.37. The van der Waals surface area contributed by atoms with Crippen molar-refractivity contribution < 1.29 is 14.3 Å². The number of carbonyl (C=O) groups is 2. The van der Waals surface area contributed by atoms with E-state index in [1.54, 1.807) is 18.9 Å². The van der Waals surface area contributed by atoms with Crippen LogP contribution in [0.2, 0.25) is 0 Å². The normalized spacial score (nSPS) is 16.3. The number of piperazine rings is 1. The minimum atomic E-state index is -0.251. The van der Waals surface area contributed by atoms with Gasteiger partial charge in [0.25, 0.3) is 0 Å². The molecule has 0 spiro atoms. The molecule has 0 aliphatic carbocycles. The van der Waals surface area contributed by atoms with Crippen LogP contribution in [-0.2, 0) is 14.3 Å². The largest absolute Gasteiger partial charge is 0.466 e. The van der Waals surface area contributed by atoms with E-state index in [9.17, 15) is 9.59 Å². The van der Waals surface area contributed by atoms with Crippen LogP contribution in [0.15, 0.2) is 0 Å². The first kappa shape index (κ1) is 14.9. The van der Waals surface area contributed by atoms with E-state index in [0.29, 0.717) is 19.7 Å². The smallest absolute Gasteiger partial charge is 0.307 e. The summed E-state index contributed by atoms with van der Waals surface area (Å²) in [6.07, 6.45) is 0.262. The molecule has 0 aromatic heterocycles. The van der Waals surface area contributed by atoms with Gasteiger partial charge in [-0.05, 0) is 6.92 Å². The van der Waals surface area contributed by atoms with Crippen LogP contribution in [0.5, 0.6) is 0 Å². The number of nitrogens with zero attached hydrogens (tertiary/aromatic N) is 2. The molecule has 1 amide bonds. The molecule has 18 heavy (non-hydrogen) atoms. The molecule has 1 heterocycles. The van der Waals surface area contributed by atoms with Gasteiger partial charge >= 0.3 is 5.97 Å². The van der Waals surface area contributed by atoms with E-state index in [1.165, 1.54) is 0 Å². The van der Waals surface area contributed by atoms with Crippen LogP contribution in [0, 0.1) is 0 Å². The zero-order valence-corrected chi connectivity index (χ0v) is 11.3. The highest BCUT2D eigenvalue weighted by molar-refractivity contribution is 5.78. The Bertz CT molecular complexity index is 278. The molecule has 0 aromatic rings. The van der Waals surface area contributed by atoms with Gasteiger partial charge in [0.15, 0.2) is 0 Å². The predicted octanol–water partition coefficient (Wildman–Crippen LogP) is -0.697. The van der Waals surface area contributed by atoms with Gasteiger partial charge in [-0.1, -0.05) is 0 Å². The molecule has 1 aliphatic rings. The molecule has 0 radical (unpaired) electrons. The van der Waals surface area contributed by atoms with Crippen LogP contribution >= 0.6 is 0 Å². The van der Waals surface area contributed by atoms with Crippen molar-refractivity contribution in [2.24, 2.45) is 0 Å². The van der Waals surface area contributed by atoms with Crippen LogP contribution in [0.1, 0.15) is 13.3 Å². The van der Waals surface area contributed by atoms with Gasteiger partial charge in [-0.3, -0.25) is 14.5 Å². The van der Waals surface area contributed by atoms with Crippen molar-refractivity contribution in [2.75, 3.05) is 52.9 Å². The van der Waals surface area contributed by atoms with E-state index >= 15 is 0 Å². The van der Waals surface area contributed by atoms with Gasteiger partial charge in [0.05, 0.1) is 19.6 Å². The lowest BCUT2D eigenvalue weighted by atomic mass is 10.3. The van der Waals surface area contributed by atoms with Crippen LogP contribution in [0.25, 0.3) is 0 Å². The Morgan fingerprint density at radius 1 is 1.33 bits per heavy atom. The SMILES string of the molecule is CCOC(=O)CCN(C)C(=O)CN1CCNCC1. The summed E-state index contributed by atoms with van der Waals surface area (Å²) in [5, 5.41) is 3.24. The van der Waals surface area contributed by atoms with Crippen molar-refractivity contribution in [3.63, 3.8) is 0 Å². The van der Waals surface area contributed by atoms with Crippen LogP contribution in [-0.4, -0.2) is 74.6 Å². The first-order valence-corrected chi connectivity index (χ1v) is 6.46. The minimum absolute atomic E-state index is 0.0567. The molecule has 104 valence electrons. The Hall–Kier alpha value is -1.14. The highest BCUT2D eigenvalue weighted by Crippen LogP contribution is 1.97. The van der Waals surface area contributed by atoms with E-state index in [1.807, 2.05) is 0 Å². The molecular formula is C12H23N3O3. The van der Waals surface area contributed by atoms with Crippen molar-refractivity contribution >= 4 is 11.9 Å². The number of amides is 1. The molecule has 0 aromatic carbocycles. The van der Waals surface area contributed by atoms with Crippen LogP contribution < -0.4 is 5.32 Å². The second kappa shape index (κ2) is 8.05. The molecule has 1 rings (SSSR count). The lowest BCUT2D eigenvalue weighted by Gasteiger charge is -2.28. The molecule has 6 nitrogen and oxygen atoms in total. The zero-order chi connectivity index (χ0) is 13.4. The molecule has 1 N–H and O–H groups in total. The summed E-state index contributed by atoms with van der Waals surface area (Å²) >= 11 is 0. The van der Waals surface area contributed by atoms with Crippen molar-refractivity contribution in [2.45, 2.75) is 13.3 Å². The summed E-state index contributed by atoms with van der Waals surface area (Å²) in [7, 11) is 1.73. The number of hydrogen-bond donors (Lipinski definition) is 1. The summed E-state index contributed by atoms with van der Waals surface area (Å²) in [6, 6.07) is 0. The van der Waals surface area contributed by atoms with Gasteiger partial charge < -0.3 is 15.0 Å². The molecule has 0 saturated carbocycles. The molecule has 1 fully saturated rings. The average molecular weight is 257 g/mol. The van der Waals surface area contributed by atoms with E-state index < -0.39 is 0 Å². The van der Waals surface area contributed by atoms with Crippen molar-refractivity contribution in [1.82, 2.24) is 15.1 Å². The first-order chi connectivity index (χ1) is 8.63. The lowest BCUT2D eigenvalue weighted by Crippen LogP contribution is -2.48. The first-order valence-electron chi connectivity index (χ1n) is 6.46. The highest BCUT2D eigenvalue weighted by Gasteiger charge is 2.16. The third-order valence-corrected chi connectivity index (χ3v) is 2.95. The van der Waals surface area contributed by atoms with Gasteiger partial charge in [-0.25, -0.2) is 0 Å². The second-order valence-electron chi connectivity index (χ2n) is 4.40. The summed E-state index contributed by atoms with van der Waals surface area (Å²) in [5.74, 6) is -0.194. The van der Waals surface area contributed by atoms with Crippen LogP contribution in [0.4, 0.5) is 0 Å². The summed E-state index contributed by atoms with van der Waals surface area (Å²) < 4.78 is 4.83. The molecule has 0 bridgehead atoms. The van der Waals surface area contributed by atoms with Gasteiger partial charge in [-0.15, -0.1) is 0 Å². The number of hydrogen-bond acceptors (Lipinski definition) is 5. The minimum Gasteiger partial charge on any atom is -0.466 e. The predicted molar refractivity (Wildman–Crippen MR) is 68.2 cm³/mol. The quantitative estimate of drug-likeness (QED) is 0.638. The zero-order valence-electron chi connectivity index (χ0n) is 11.3. The van der Waals surface area contributed by atoms with Crippen molar-refractivity contribution in [3.05, 3.63) is 0 Å². The van der Waals surface area contributed by atoms with Gasteiger partial charge in [-0.2, -0.15) is 0 Å². The summed E-state index contributed by atoms with van der Waals surface area (Å²) in [6.45, 7) is 6.67. The number of nitrogens with one attached hydrogen (secondary N) is 1. The molecule has 1 saturated heterocycles. The number of esters is 1. The number of rotatable bonds is 6. The molecular weight excluding hydrogens is 234 g/mol. The fraction of sp³-hybridized carbons (Fsp3) is 0.833. The Balaban J connectivity index is 2.21. The van der Waals surface area contributed by atoms with E-state index in [2.05, 4.69) is 10.2 Å². The lowest BCUT2D eigenvalue weighted by molar-refractivity contribution is -0.144. The number of ether oxygens (including phenoxy) is 1. The molecule has 0 atom stereocenters. The maximum atomic E-state index is 11.9. The maximum absolute atomic E-state index is 11.9. The molecule has 6 heteroatoms. The molecule has 1 aliphatic heterocycles. The van der Waals surface area contributed by atoms with Gasteiger partial charge in [0.1, 0.15) is 0 Å². The highest BCUT2D eigenvalue weighted by atomic mass is 16.5. The van der Waals surface area contributed by atoms with Crippen LogP contribution in [0.3, 0.4) is 0 Å². The molecule has 0 unspecified atom stereocenters. The fourth-order valence-corrected chi connectivity index (χ4v) is 1.80. The second-order valence-corrected chi connectivity index (χ2v) is 4.40. The number of likely N-dealkylation sites (N-methyl/N-ethyl adjacent to an activating group) is 1. The Labute approximate surface area is 108 Å². The third kappa shape index (κ3) is 5.46. The van der Waals surface area contributed by atoms with Crippen molar-refractivity contribution in [3.8, 4) is 0 Å². The Morgan fingerprint density at radius 2 is 2.00 bits per heavy atom. The maximum Gasteiger partial charge on any atom is 0.307 e.